The molecule has 0 amide bonds. The van der Waals surface area contributed by atoms with Crippen LogP contribution in [-0.2, 0) is 6.42 Å². The normalized spacial score (nSPS) is 16.3. The molecule has 0 bridgehead atoms. The van der Waals surface area contributed by atoms with Crippen LogP contribution in [0.3, 0.4) is 0 Å². The Kier molecular flexibility index (Phi) is 6.18. The summed E-state index contributed by atoms with van der Waals surface area (Å²) >= 11 is 1.49. The first-order chi connectivity index (χ1) is 14.3. The van der Waals surface area contributed by atoms with Crippen molar-refractivity contribution in [3.8, 4) is 17.2 Å². The van der Waals surface area contributed by atoms with Crippen molar-refractivity contribution in [2.24, 2.45) is 4.99 Å². The third-order valence-electron chi connectivity index (χ3n) is 4.83. The lowest BCUT2D eigenvalue weighted by Gasteiger charge is -2.36. The van der Waals surface area contributed by atoms with Crippen LogP contribution in [0.4, 0.5) is 5.13 Å². The molecule has 1 fully saturated rings. The average molecular weight is 419 g/mol. The fourth-order valence-corrected chi connectivity index (χ4v) is 4.06. The number of benzene rings is 1. The Labute approximate surface area is 174 Å². The minimum atomic E-state index is 0.267. The van der Waals surface area contributed by atoms with Gasteiger partial charge in [-0.25, -0.2) is 4.98 Å². The summed E-state index contributed by atoms with van der Waals surface area (Å²) < 4.78 is 20.9. The van der Waals surface area contributed by atoms with Gasteiger partial charge in [-0.05, 0) is 12.1 Å². The predicted octanol–water partition coefficient (Wildman–Crippen LogP) is 1.61. The molecule has 0 atom stereocenters. The van der Waals surface area contributed by atoms with Gasteiger partial charge in [-0.1, -0.05) is 6.92 Å². The van der Waals surface area contributed by atoms with Gasteiger partial charge in [0.15, 0.2) is 17.5 Å². The van der Waals surface area contributed by atoms with E-state index < -0.39 is 0 Å². The van der Waals surface area contributed by atoms with Crippen molar-refractivity contribution in [2.45, 2.75) is 13.3 Å². The van der Waals surface area contributed by atoms with Gasteiger partial charge in [0.05, 0.1) is 6.54 Å². The number of rotatable bonds is 6. The molecule has 10 heteroatoms. The van der Waals surface area contributed by atoms with Gasteiger partial charge in [0.1, 0.15) is 18.2 Å². The van der Waals surface area contributed by atoms with Crippen molar-refractivity contribution in [2.75, 3.05) is 58.1 Å². The summed E-state index contributed by atoms with van der Waals surface area (Å²) in [5.74, 6) is 4.07. The molecule has 2 aliphatic heterocycles. The monoisotopic (exact) mass is 418 g/mol. The van der Waals surface area contributed by atoms with Crippen LogP contribution in [0, 0.1) is 0 Å². The number of hydrogen-bond donors (Lipinski definition) is 1. The Hall–Kier alpha value is -2.75. The molecule has 29 heavy (non-hydrogen) atoms. The van der Waals surface area contributed by atoms with E-state index in [-0.39, 0.29) is 6.79 Å². The molecule has 1 aromatic carbocycles. The smallest absolute Gasteiger partial charge is 0.231 e. The maximum Gasteiger partial charge on any atom is 0.231 e. The van der Waals surface area contributed by atoms with Gasteiger partial charge in [-0.2, -0.15) is 4.37 Å². The van der Waals surface area contributed by atoms with Gasteiger partial charge in [0.25, 0.3) is 0 Å². The van der Waals surface area contributed by atoms with E-state index in [9.17, 15) is 0 Å². The lowest BCUT2D eigenvalue weighted by molar-refractivity contribution is 0.173. The number of guanidine groups is 1. The highest BCUT2D eigenvalue weighted by molar-refractivity contribution is 7.09. The molecule has 0 aliphatic carbocycles. The summed E-state index contributed by atoms with van der Waals surface area (Å²) in [6.07, 6.45) is 0.876. The number of aromatic nitrogens is 2. The minimum absolute atomic E-state index is 0.267. The highest BCUT2D eigenvalue weighted by Gasteiger charge is 2.22. The van der Waals surface area contributed by atoms with Gasteiger partial charge in [-0.15, -0.1) is 0 Å². The third kappa shape index (κ3) is 4.64. The fraction of sp³-hybridized carbons (Fsp3) is 0.526. The molecule has 0 spiro atoms. The number of nitrogens with one attached hydrogen (secondary N) is 1. The Balaban J connectivity index is 1.21. The minimum Gasteiger partial charge on any atom is -0.492 e. The average Bonchev–Trinajstić information content (AvgIpc) is 3.43. The van der Waals surface area contributed by atoms with Crippen LogP contribution in [0.1, 0.15) is 12.7 Å². The first-order valence-corrected chi connectivity index (χ1v) is 10.6. The summed E-state index contributed by atoms with van der Waals surface area (Å²) in [7, 11) is 1.81. The molecule has 2 aliphatic rings. The van der Waals surface area contributed by atoms with E-state index in [2.05, 4.69) is 36.4 Å². The van der Waals surface area contributed by atoms with Gasteiger partial charge in [0.2, 0.25) is 11.9 Å². The summed E-state index contributed by atoms with van der Waals surface area (Å²) in [5, 5.41) is 4.40. The lowest BCUT2D eigenvalue weighted by Crippen LogP contribution is -2.53. The van der Waals surface area contributed by atoms with Crippen LogP contribution >= 0.6 is 11.5 Å². The van der Waals surface area contributed by atoms with Crippen molar-refractivity contribution < 1.29 is 14.2 Å². The summed E-state index contributed by atoms with van der Waals surface area (Å²) in [6, 6.07) is 5.61. The first-order valence-electron chi connectivity index (χ1n) is 9.82. The summed E-state index contributed by atoms with van der Waals surface area (Å²) in [5.41, 5.74) is 0. The van der Waals surface area contributed by atoms with Gasteiger partial charge in [-0.3, -0.25) is 4.99 Å². The van der Waals surface area contributed by atoms with Crippen molar-refractivity contribution >= 4 is 22.6 Å². The first kappa shape index (κ1) is 19.6. The van der Waals surface area contributed by atoms with E-state index in [1.54, 1.807) is 0 Å². The zero-order valence-corrected chi connectivity index (χ0v) is 17.6. The molecule has 0 radical (unpaired) electrons. The zero-order valence-electron chi connectivity index (χ0n) is 16.8. The maximum atomic E-state index is 5.81. The number of hydrogen-bond acceptors (Lipinski definition) is 8. The van der Waals surface area contributed by atoms with E-state index >= 15 is 0 Å². The van der Waals surface area contributed by atoms with Gasteiger partial charge >= 0.3 is 0 Å². The van der Waals surface area contributed by atoms with E-state index in [0.29, 0.717) is 13.2 Å². The fourth-order valence-electron chi connectivity index (χ4n) is 3.26. The van der Waals surface area contributed by atoms with Crippen LogP contribution in [-0.4, -0.2) is 73.4 Å². The highest BCUT2D eigenvalue weighted by atomic mass is 32.1. The maximum absolute atomic E-state index is 5.81. The third-order valence-corrected chi connectivity index (χ3v) is 5.65. The second-order valence-corrected chi connectivity index (χ2v) is 7.39. The molecule has 0 saturated carbocycles. The quantitative estimate of drug-likeness (QED) is 0.430. The number of aryl methyl sites for hydroxylation is 1. The lowest BCUT2D eigenvalue weighted by atomic mass is 10.3. The van der Waals surface area contributed by atoms with E-state index in [4.69, 9.17) is 14.2 Å². The Morgan fingerprint density at radius 1 is 1.24 bits per heavy atom. The Bertz CT molecular complexity index is 850. The van der Waals surface area contributed by atoms with Crippen LogP contribution in [0.25, 0.3) is 0 Å². The second kappa shape index (κ2) is 9.17. The number of fused-ring (bicyclic) bond motifs is 1. The standard InChI is InChI=1S/C19H26N6O3S/c1-3-17-22-19(29-23-17)25-9-7-24(8-10-25)18(20-2)21-6-11-26-14-4-5-15-16(12-14)28-13-27-15/h4-5,12H,3,6-11,13H2,1-2H3,(H,20,21). The molecule has 9 nitrogen and oxygen atoms in total. The highest BCUT2D eigenvalue weighted by Crippen LogP contribution is 2.35. The molecule has 2 aromatic rings. The molecule has 1 saturated heterocycles. The Morgan fingerprint density at radius 2 is 2.07 bits per heavy atom. The molecule has 1 N–H and O–H groups in total. The molecule has 3 heterocycles. The molecule has 156 valence electrons. The molecular weight excluding hydrogens is 392 g/mol. The second-order valence-electron chi connectivity index (χ2n) is 6.66. The molecule has 0 unspecified atom stereocenters. The molecule has 4 rings (SSSR count). The van der Waals surface area contributed by atoms with E-state index in [1.807, 2.05) is 25.2 Å². The van der Waals surface area contributed by atoms with Crippen LogP contribution in [0.15, 0.2) is 23.2 Å². The van der Waals surface area contributed by atoms with Crippen molar-refractivity contribution in [3.05, 3.63) is 24.0 Å². The number of aliphatic imine (C=N–C) groups is 1. The Morgan fingerprint density at radius 3 is 2.83 bits per heavy atom. The van der Waals surface area contributed by atoms with E-state index in [0.717, 1.165) is 66.8 Å². The number of ether oxygens (including phenoxy) is 3. The number of nitrogens with zero attached hydrogens (tertiary/aromatic N) is 5. The van der Waals surface area contributed by atoms with Crippen molar-refractivity contribution in [1.29, 1.82) is 0 Å². The summed E-state index contributed by atoms with van der Waals surface area (Å²) in [4.78, 5) is 13.6. The summed E-state index contributed by atoms with van der Waals surface area (Å²) in [6.45, 7) is 7.15. The van der Waals surface area contributed by atoms with Crippen LogP contribution < -0.4 is 24.4 Å². The topological polar surface area (TPSA) is 84.3 Å². The van der Waals surface area contributed by atoms with Gasteiger partial charge in [0, 0.05) is 57.2 Å². The number of anilines is 1. The van der Waals surface area contributed by atoms with Crippen molar-refractivity contribution in [1.82, 2.24) is 19.6 Å². The molecule has 1 aromatic heterocycles. The van der Waals surface area contributed by atoms with Gasteiger partial charge < -0.3 is 29.3 Å². The van der Waals surface area contributed by atoms with Crippen LogP contribution in [0.2, 0.25) is 0 Å². The molecular formula is C19H26N6O3S. The predicted molar refractivity (Wildman–Crippen MR) is 112 cm³/mol. The number of piperazine rings is 1. The van der Waals surface area contributed by atoms with E-state index in [1.165, 1.54) is 11.5 Å². The zero-order chi connectivity index (χ0) is 20.1. The van der Waals surface area contributed by atoms with Crippen molar-refractivity contribution in [3.63, 3.8) is 0 Å². The SMILES string of the molecule is CCc1nsc(N2CCN(C(=NC)NCCOc3ccc4c(c3)OCO4)CC2)n1. The van der Waals surface area contributed by atoms with Crippen LogP contribution in [0.5, 0.6) is 17.2 Å². The largest absolute Gasteiger partial charge is 0.492 e.